The van der Waals surface area contributed by atoms with E-state index in [1.54, 1.807) is 12.1 Å². The Morgan fingerprint density at radius 2 is 2.08 bits per heavy atom. The third kappa shape index (κ3) is 1.59. The van der Waals surface area contributed by atoms with Crippen molar-refractivity contribution < 1.29 is 9.21 Å². The number of anilines is 1. The third-order valence-electron chi connectivity index (χ3n) is 2.60. The van der Waals surface area contributed by atoms with Crippen LogP contribution in [-0.4, -0.2) is 5.78 Å². The van der Waals surface area contributed by atoms with E-state index in [0.29, 0.717) is 11.6 Å². The van der Waals surface area contributed by atoms with Gasteiger partial charge in [0.1, 0.15) is 0 Å². The van der Waals surface area contributed by atoms with Crippen LogP contribution in [0, 0.1) is 5.92 Å². The van der Waals surface area contributed by atoms with E-state index in [4.69, 9.17) is 10.2 Å². The van der Waals surface area contributed by atoms with Crippen LogP contribution in [-0.2, 0) is 0 Å². The zero-order valence-corrected chi connectivity index (χ0v) is 7.45. The fraction of sp³-hybridized carbons (Fsp3) is 0.500. The van der Waals surface area contributed by atoms with Crippen molar-refractivity contribution in [2.75, 3.05) is 5.73 Å². The fourth-order valence-corrected chi connectivity index (χ4v) is 1.87. The van der Waals surface area contributed by atoms with Crippen molar-refractivity contribution in [2.24, 2.45) is 5.92 Å². The minimum Gasteiger partial charge on any atom is -0.438 e. The van der Waals surface area contributed by atoms with Gasteiger partial charge in [-0.25, -0.2) is 0 Å². The first-order valence-corrected chi connectivity index (χ1v) is 4.67. The topological polar surface area (TPSA) is 56.2 Å². The number of furan rings is 1. The van der Waals surface area contributed by atoms with E-state index in [-0.39, 0.29) is 11.7 Å². The number of hydrogen-bond acceptors (Lipinski definition) is 3. The number of hydrogen-bond donors (Lipinski definition) is 1. The van der Waals surface area contributed by atoms with Crippen molar-refractivity contribution in [2.45, 2.75) is 25.7 Å². The average molecular weight is 179 g/mol. The second-order valence-corrected chi connectivity index (χ2v) is 3.55. The molecule has 1 aliphatic carbocycles. The fourth-order valence-electron chi connectivity index (χ4n) is 1.87. The van der Waals surface area contributed by atoms with E-state index in [2.05, 4.69) is 0 Å². The molecule has 1 aromatic rings. The maximum atomic E-state index is 11.7. The van der Waals surface area contributed by atoms with Crippen LogP contribution in [0.2, 0.25) is 0 Å². The van der Waals surface area contributed by atoms with Gasteiger partial charge in [-0.3, -0.25) is 4.79 Å². The minimum atomic E-state index is 0.120. The number of carbonyl (C=O) groups excluding carboxylic acids is 1. The molecule has 0 spiro atoms. The van der Waals surface area contributed by atoms with Gasteiger partial charge in [0.25, 0.3) is 0 Å². The smallest absolute Gasteiger partial charge is 0.201 e. The normalized spacial score (nSPS) is 17.8. The van der Waals surface area contributed by atoms with Crippen molar-refractivity contribution in [1.82, 2.24) is 0 Å². The van der Waals surface area contributed by atoms with Crippen LogP contribution in [0.3, 0.4) is 0 Å². The molecule has 0 aromatic carbocycles. The first-order chi connectivity index (χ1) is 6.27. The lowest BCUT2D eigenvalue weighted by Gasteiger charge is -2.03. The van der Waals surface area contributed by atoms with Crippen molar-refractivity contribution in [3.63, 3.8) is 0 Å². The van der Waals surface area contributed by atoms with Gasteiger partial charge in [-0.1, -0.05) is 12.8 Å². The average Bonchev–Trinajstić information content (AvgIpc) is 2.72. The lowest BCUT2D eigenvalue weighted by molar-refractivity contribution is 0.0895. The van der Waals surface area contributed by atoms with Gasteiger partial charge in [0.15, 0.2) is 11.6 Å². The van der Waals surface area contributed by atoms with E-state index >= 15 is 0 Å². The molecule has 0 atom stereocenters. The second kappa shape index (κ2) is 3.24. The highest BCUT2D eigenvalue weighted by molar-refractivity contribution is 5.95. The van der Waals surface area contributed by atoms with Crippen LogP contribution in [0.15, 0.2) is 16.5 Å². The SMILES string of the molecule is Nc1ccc(C(=O)C2CCCC2)o1. The Balaban J connectivity index is 2.12. The number of Topliss-reactive ketones (excluding diaryl/α,β-unsaturated/α-hetero) is 1. The highest BCUT2D eigenvalue weighted by Gasteiger charge is 2.25. The van der Waals surface area contributed by atoms with Gasteiger partial charge < -0.3 is 10.2 Å². The lowest BCUT2D eigenvalue weighted by atomic mass is 10.0. The summed E-state index contributed by atoms with van der Waals surface area (Å²) in [4.78, 5) is 11.7. The molecule has 2 rings (SSSR count). The lowest BCUT2D eigenvalue weighted by Crippen LogP contribution is -2.09. The first-order valence-electron chi connectivity index (χ1n) is 4.67. The van der Waals surface area contributed by atoms with Gasteiger partial charge in [-0.15, -0.1) is 0 Å². The number of ketones is 1. The van der Waals surface area contributed by atoms with Crippen LogP contribution in [0.5, 0.6) is 0 Å². The number of rotatable bonds is 2. The molecule has 2 N–H and O–H groups in total. The number of nitrogen functional groups attached to an aromatic ring is 1. The Kier molecular flexibility index (Phi) is 2.08. The van der Waals surface area contributed by atoms with Gasteiger partial charge >= 0.3 is 0 Å². The molecule has 0 unspecified atom stereocenters. The van der Waals surface area contributed by atoms with Crippen molar-refractivity contribution in [3.8, 4) is 0 Å². The molecule has 1 saturated carbocycles. The monoisotopic (exact) mass is 179 g/mol. The first kappa shape index (κ1) is 8.35. The molecule has 1 fully saturated rings. The maximum Gasteiger partial charge on any atom is 0.201 e. The van der Waals surface area contributed by atoms with E-state index in [1.807, 2.05) is 0 Å². The molecule has 0 aliphatic heterocycles. The summed E-state index contributed by atoms with van der Waals surface area (Å²) in [6.07, 6.45) is 4.32. The van der Waals surface area contributed by atoms with E-state index < -0.39 is 0 Å². The van der Waals surface area contributed by atoms with E-state index in [1.165, 1.54) is 0 Å². The molecule has 3 nitrogen and oxygen atoms in total. The van der Waals surface area contributed by atoms with Crippen molar-refractivity contribution in [3.05, 3.63) is 17.9 Å². The predicted octanol–water partition coefficient (Wildman–Crippen LogP) is 2.23. The third-order valence-corrected chi connectivity index (χ3v) is 2.60. The standard InChI is InChI=1S/C10H13NO2/c11-9-6-5-8(13-9)10(12)7-3-1-2-4-7/h5-7H,1-4,11H2. The number of carbonyl (C=O) groups is 1. The molecule has 3 heteroatoms. The molecule has 1 heterocycles. The Labute approximate surface area is 76.9 Å². The molecule has 0 amide bonds. The summed E-state index contributed by atoms with van der Waals surface area (Å²) in [5.74, 6) is 1.03. The Hall–Kier alpha value is -1.25. The minimum absolute atomic E-state index is 0.120. The zero-order chi connectivity index (χ0) is 9.26. The summed E-state index contributed by atoms with van der Waals surface area (Å²) in [7, 11) is 0. The summed E-state index contributed by atoms with van der Waals surface area (Å²) >= 11 is 0. The number of nitrogens with two attached hydrogens (primary N) is 1. The molecule has 1 aliphatic rings. The maximum absolute atomic E-state index is 11.7. The molecule has 1 aromatic heterocycles. The van der Waals surface area contributed by atoms with Gasteiger partial charge in [0, 0.05) is 12.0 Å². The van der Waals surface area contributed by atoms with Crippen LogP contribution in [0.1, 0.15) is 36.2 Å². The molecular weight excluding hydrogens is 166 g/mol. The highest BCUT2D eigenvalue weighted by Crippen LogP contribution is 2.28. The molecule has 0 saturated heterocycles. The van der Waals surface area contributed by atoms with Crippen LogP contribution in [0.25, 0.3) is 0 Å². The zero-order valence-electron chi connectivity index (χ0n) is 7.45. The second-order valence-electron chi connectivity index (χ2n) is 3.55. The summed E-state index contributed by atoms with van der Waals surface area (Å²) < 4.78 is 5.09. The summed E-state index contributed by atoms with van der Waals surface area (Å²) in [5, 5.41) is 0. The predicted molar refractivity (Wildman–Crippen MR) is 49.4 cm³/mol. The quantitative estimate of drug-likeness (QED) is 0.708. The van der Waals surface area contributed by atoms with Crippen molar-refractivity contribution >= 4 is 11.7 Å². The van der Waals surface area contributed by atoms with Gasteiger partial charge in [-0.05, 0) is 18.9 Å². The molecule has 0 bridgehead atoms. The van der Waals surface area contributed by atoms with Gasteiger partial charge in [0.05, 0.1) is 0 Å². The molecule has 70 valence electrons. The van der Waals surface area contributed by atoms with Crippen LogP contribution >= 0.6 is 0 Å². The van der Waals surface area contributed by atoms with E-state index in [0.717, 1.165) is 25.7 Å². The molecule has 13 heavy (non-hydrogen) atoms. The summed E-state index contributed by atoms with van der Waals surface area (Å²) in [6.45, 7) is 0. The summed E-state index contributed by atoms with van der Waals surface area (Å²) in [6, 6.07) is 3.29. The Bertz CT molecular complexity index is 310. The van der Waals surface area contributed by atoms with Gasteiger partial charge in [0.2, 0.25) is 5.78 Å². The van der Waals surface area contributed by atoms with Crippen LogP contribution in [0.4, 0.5) is 5.88 Å². The van der Waals surface area contributed by atoms with Crippen LogP contribution < -0.4 is 5.73 Å². The Morgan fingerprint density at radius 1 is 1.38 bits per heavy atom. The molecular formula is C10H13NO2. The largest absolute Gasteiger partial charge is 0.438 e. The Morgan fingerprint density at radius 3 is 2.62 bits per heavy atom. The highest BCUT2D eigenvalue weighted by atomic mass is 16.4. The van der Waals surface area contributed by atoms with Crippen molar-refractivity contribution in [1.29, 1.82) is 0 Å². The van der Waals surface area contributed by atoms with E-state index in [9.17, 15) is 4.79 Å². The summed E-state index contributed by atoms with van der Waals surface area (Å²) in [5.41, 5.74) is 5.40. The van der Waals surface area contributed by atoms with Gasteiger partial charge in [-0.2, -0.15) is 0 Å². The molecule has 0 radical (unpaired) electrons.